The highest BCUT2D eigenvalue weighted by Gasteiger charge is 2.63. The molecule has 4 fully saturated rings. The minimum absolute atomic E-state index is 0.172. The summed E-state index contributed by atoms with van der Waals surface area (Å²) >= 11 is 0. The molecule has 1 aliphatic heterocycles. The quantitative estimate of drug-likeness (QED) is 0.468. The summed E-state index contributed by atoms with van der Waals surface area (Å²) in [5, 5.41) is 10.2. The molecule has 5 heteroatoms. The van der Waals surface area contributed by atoms with E-state index >= 15 is 0 Å². The zero-order valence-corrected chi connectivity index (χ0v) is 23.0. The Hall–Kier alpha value is 0.0569. The van der Waals surface area contributed by atoms with Crippen LogP contribution in [-0.2, 0) is 13.9 Å². The molecule has 0 bridgehead atoms. The van der Waals surface area contributed by atoms with Gasteiger partial charge in [-0.2, -0.15) is 0 Å². The van der Waals surface area contributed by atoms with Crippen LogP contribution in [0.2, 0.25) is 18.1 Å². The summed E-state index contributed by atoms with van der Waals surface area (Å²) in [7, 11) is -1.77. The normalized spacial score (nSPS) is 42.4. The molecule has 1 spiro atoms. The maximum Gasteiger partial charge on any atom is 0.192 e. The van der Waals surface area contributed by atoms with Crippen LogP contribution in [0.4, 0.5) is 0 Å². The monoisotopic (exact) mass is 466 g/mol. The number of aliphatic hydroxyl groups excluding tert-OH is 1. The van der Waals surface area contributed by atoms with Gasteiger partial charge in [-0.15, -0.1) is 0 Å². The van der Waals surface area contributed by atoms with E-state index in [0.717, 1.165) is 38.4 Å². The van der Waals surface area contributed by atoms with E-state index in [9.17, 15) is 5.11 Å². The fourth-order valence-electron chi connectivity index (χ4n) is 7.74. The topological polar surface area (TPSA) is 47.9 Å². The Labute approximate surface area is 198 Å². The molecule has 0 aromatic carbocycles. The third-order valence-corrected chi connectivity index (χ3v) is 15.6. The van der Waals surface area contributed by atoms with Gasteiger partial charge >= 0.3 is 0 Å². The van der Waals surface area contributed by atoms with Crippen LogP contribution in [-0.4, -0.2) is 45.1 Å². The maximum atomic E-state index is 9.96. The minimum atomic E-state index is -1.77. The smallest absolute Gasteiger partial charge is 0.192 e. The average molecular weight is 467 g/mol. The van der Waals surface area contributed by atoms with Crippen LogP contribution in [0, 0.1) is 28.6 Å². The Morgan fingerprint density at radius 1 is 0.938 bits per heavy atom. The largest absolute Gasteiger partial charge is 0.414 e. The lowest BCUT2D eigenvalue weighted by Gasteiger charge is -2.55. The Balaban J connectivity index is 1.46. The van der Waals surface area contributed by atoms with Crippen LogP contribution in [0.3, 0.4) is 0 Å². The molecule has 3 unspecified atom stereocenters. The molecule has 1 saturated heterocycles. The van der Waals surface area contributed by atoms with Crippen LogP contribution in [0.5, 0.6) is 0 Å². The Morgan fingerprint density at radius 2 is 1.59 bits per heavy atom. The molecule has 32 heavy (non-hydrogen) atoms. The van der Waals surface area contributed by atoms with Gasteiger partial charge < -0.3 is 19.0 Å². The SMILES string of the molecule is CC(C)(C)[Si](C)(C)OC1CC[C@](C)(C2CC[C@@]3(C)C(CCC34OCCO4)C2)[C@@H](CCO)C1. The second kappa shape index (κ2) is 8.62. The van der Waals surface area contributed by atoms with Crippen molar-refractivity contribution in [2.24, 2.45) is 28.6 Å². The predicted molar refractivity (Wildman–Crippen MR) is 132 cm³/mol. The molecule has 1 N–H and O–H groups in total. The number of hydrogen-bond donors (Lipinski definition) is 1. The Morgan fingerprint density at radius 3 is 2.22 bits per heavy atom. The summed E-state index contributed by atoms with van der Waals surface area (Å²) in [6, 6.07) is 0. The molecule has 3 aliphatic carbocycles. The molecule has 0 aromatic heterocycles. The molecule has 186 valence electrons. The average Bonchev–Trinajstić information content (AvgIpc) is 3.30. The van der Waals surface area contributed by atoms with Gasteiger partial charge in [-0.1, -0.05) is 34.6 Å². The molecule has 0 radical (unpaired) electrons. The fraction of sp³-hybridized carbons (Fsp3) is 1.00. The zero-order chi connectivity index (χ0) is 23.4. The van der Waals surface area contributed by atoms with E-state index in [1.807, 2.05) is 0 Å². The highest BCUT2D eigenvalue weighted by atomic mass is 28.4. The summed E-state index contributed by atoms with van der Waals surface area (Å²) in [6.45, 7) is 18.6. The van der Waals surface area contributed by atoms with E-state index in [1.165, 1.54) is 38.5 Å². The molecular formula is C27H50O4Si. The van der Waals surface area contributed by atoms with Crippen LogP contribution >= 0.6 is 0 Å². The van der Waals surface area contributed by atoms with Gasteiger partial charge in [0.05, 0.1) is 13.2 Å². The van der Waals surface area contributed by atoms with E-state index in [4.69, 9.17) is 13.9 Å². The standard InChI is InChI=1S/C27H50O4Si/c1-24(2,3)32(6,7)31-23-10-12-25(4,21(19-23)11-15-28)20-8-13-26(5)22(18-20)9-14-27(26)29-16-17-30-27/h20-23,28H,8-19H2,1-7H3/t20?,21-,22?,23?,25+,26-/m0/s1. The Kier molecular flexibility index (Phi) is 6.78. The van der Waals surface area contributed by atoms with E-state index in [1.54, 1.807) is 0 Å². The van der Waals surface area contributed by atoms with Crippen LogP contribution < -0.4 is 0 Å². The van der Waals surface area contributed by atoms with Gasteiger partial charge in [-0.05, 0) is 92.7 Å². The van der Waals surface area contributed by atoms with Gasteiger partial charge in [-0.3, -0.25) is 0 Å². The van der Waals surface area contributed by atoms with E-state index in [0.29, 0.717) is 30.0 Å². The van der Waals surface area contributed by atoms with Crippen molar-refractivity contribution in [1.29, 1.82) is 0 Å². The predicted octanol–water partition coefficient (Wildman–Crippen LogP) is 6.53. The van der Waals surface area contributed by atoms with Crippen molar-refractivity contribution in [3.05, 3.63) is 0 Å². The molecule has 4 nitrogen and oxygen atoms in total. The summed E-state index contributed by atoms with van der Waals surface area (Å²) in [4.78, 5) is 0. The van der Waals surface area contributed by atoms with Gasteiger partial charge in [0, 0.05) is 24.5 Å². The third kappa shape index (κ3) is 4.06. The Bertz CT molecular complexity index is 667. The van der Waals surface area contributed by atoms with Crippen molar-refractivity contribution >= 4 is 8.32 Å². The second-order valence-electron chi connectivity index (χ2n) is 13.6. The highest BCUT2D eigenvalue weighted by Crippen LogP contribution is 2.65. The molecule has 6 atom stereocenters. The lowest BCUT2D eigenvalue weighted by Crippen LogP contribution is -2.52. The first-order chi connectivity index (χ1) is 14.9. The van der Waals surface area contributed by atoms with Crippen molar-refractivity contribution in [3.8, 4) is 0 Å². The number of rotatable bonds is 5. The van der Waals surface area contributed by atoms with Crippen molar-refractivity contribution in [1.82, 2.24) is 0 Å². The summed E-state index contributed by atoms with van der Waals surface area (Å²) in [6.07, 6.45) is 10.9. The molecule has 4 rings (SSSR count). The first-order valence-corrected chi connectivity index (χ1v) is 16.3. The molecule has 4 aliphatic rings. The van der Waals surface area contributed by atoms with Crippen LogP contribution in [0.1, 0.15) is 92.4 Å². The number of aliphatic hydroxyl groups is 1. The molecule has 1 heterocycles. The van der Waals surface area contributed by atoms with Crippen LogP contribution in [0.15, 0.2) is 0 Å². The molecule has 0 aromatic rings. The third-order valence-electron chi connectivity index (χ3n) is 11.1. The number of hydrogen-bond acceptors (Lipinski definition) is 4. The second-order valence-corrected chi connectivity index (χ2v) is 18.3. The number of fused-ring (bicyclic) bond motifs is 2. The number of ether oxygens (including phenoxy) is 2. The molecule has 3 saturated carbocycles. The fourth-order valence-corrected chi connectivity index (χ4v) is 9.14. The van der Waals surface area contributed by atoms with Gasteiger partial charge in [0.2, 0.25) is 0 Å². The van der Waals surface area contributed by atoms with Crippen molar-refractivity contribution in [2.75, 3.05) is 19.8 Å². The van der Waals surface area contributed by atoms with E-state index in [-0.39, 0.29) is 16.2 Å². The van der Waals surface area contributed by atoms with Crippen molar-refractivity contribution < 1.29 is 19.0 Å². The summed E-state index contributed by atoms with van der Waals surface area (Å²) < 4.78 is 19.4. The van der Waals surface area contributed by atoms with Gasteiger partial charge in [0.25, 0.3) is 0 Å². The minimum Gasteiger partial charge on any atom is -0.414 e. The van der Waals surface area contributed by atoms with Gasteiger partial charge in [0.1, 0.15) is 0 Å². The van der Waals surface area contributed by atoms with Crippen molar-refractivity contribution in [2.45, 2.75) is 122 Å². The first kappa shape index (κ1) is 25.2. The zero-order valence-electron chi connectivity index (χ0n) is 22.0. The van der Waals surface area contributed by atoms with Gasteiger partial charge in [0.15, 0.2) is 14.1 Å². The van der Waals surface area contributed by atoms with Crippen LogP contribution in [0.25, 0.3) is 0 Å². The maximum absolute atomic E-state index is 9.96. The first-order valence-electron chi connectivity index (χ1n) is 13.4. The summed E-state index contributed by atoms with van der Waals surface area (Å²) in [5.74, 6) is 1.69. The molecule has 0 amide bonds. The van der Waals surface area contributed by atoms with E-state index in [2.05, 4.69) is 47.7 Å². The summed E-state index contributed by atoms with van der Waals surface area (Å²) in [5.41, 5.74) is 0.482. The molecular weight excluding hydrogens is 416 g/mol. The highest BCUT2D eigenvalue weighted by molar-refractivity contribution is 6.74. The lowest BCUT2D eigenvalue weighted by atomic mass is 9.52. The lowest BCUT2D eigenvalue weighted by molar-refractivity contribution is -0.236. The van der Waals surface area contributed by atoms with E-state index < -0.39 is 8.32 Å². The van der Waals surface area contributed by atoms with Crippen molar-refractivity contribution in [3.63, 3.8) is 0 Å². The van der Waals surface area contributed by atoms with Gasteiger partial charge in [-0.25, -0.2) is 0 Å².